The van der Waals surface area contributed by atoms with Gasteiger partial charge in [-0.1, -0.05) is 11.4 Å². The Hall–Kier alpha value is -1.05. The summed E-state index contributed by atoms with van der Waals surface area (Å²) in [4.78, 5) is 12.3. The van der Waals surface area contributed by atoms with Gasteiger partial charge in [-0.3, -0.25) is 4.79 Å². The van der Waals surface area contributed by atoms with Crippen LogP contribution in [0.15, 0.2) is 0 Å². The van der Waals surface area contributed by atoms with Gasteiger partial charge in [0.1, 0.15) is 4.88 Å². The number of carbonyl (C=O) groups excluding carboxylic acids is 1. The Bertz CT molecular complexity index is 343. The highest BCUT2D eigenvalue weighted by Gasteiger charge is 2.13. The molecule has 1 heterocycles. The number of aliphatic hydroxyl groups is 1. The molecule has 1 aromatic heterocycles. The Kier molecular flexibility index (Phi) is 6.68. The van der Waals surface area contributed by atoms with Crippen LogP contribution in [0, 0.1) is 0 Å². The smallest absolute Gasteiger partial charge is 0.264 e. The lowest BCUT2D eigenvalue weighted by Gasteiger charge is -2.04. The van der Waals surface area contributed by atoms with Gasteiger partial charge in [-0.15, -0.1) is 5.10 Å². The van der Waals surface area contributed by atoms with Gasteiger partial charge >= 0.3 is 0 Å². The maximum Gasteiger partial charge on any atom is 0.264 e. The highest BCUT2D eigenvalue weighted by Crippen LogP contribution is 2.10. The zero-order valence-electron chi connectivity index (χ0n) is 9.81. The minimum Gasteiger partial charge on any atom is -0.394 e. The standard InChI is InChI=1S/C10H17N3O3S/c1-2-8-9(17-13-12-8)10(15)11-4-3-6-16-7-5-14/h14H,2-7H2,1H3,(H,11,15). The van der Waals surface area contributed by atoms with Gasteiger partial charge in [0.15, 0.2) is 0 Å². The molecule has 0 bridgehead atoms. The zero-order chi connectivity index (χ0) is 12.5. The molecule has 0 radical (unpaired) electrons. The molecule has 0 saturated heterocycles. The minimum absolute atomic E-state index is 0.0265. The Balaban J connectivity index is 2.21. The quantitative estimate of drug-likeness (QED) is 0.653. The van der Waals surface area contributed by atoms with Crippen LogP contribution in [0.5, 0.6) is 0 Å². The molecule has 2 N–H and O–H groups in total. The topological polar surface area (TPSA) is 84.3 Å². The predicted molar refractivity (Wildman–Crippen MR) is 64.1 cm³/mol. The molecule has 96 valence electrons. The summed E-state index contributed by atoms with van der Waals surface area (Å²) in [5.41, 5.74) is 0.740. The first-order valence-corrected chi connectivity index (χ1v) is 6.35. The summed E-state index contributed by atoms with van der Waals surface area (Å²) in [5, 5.41) is 15.2. The summed E-state index contributed by atoms with van der Waals surface area (Å²) in [6.07, 6.45) is 1.43. The number of amides is 1. The van der Waals surface area contributed by atoms with E-state index in [1.165, 1.54) is 0 Å². The molecule has 0 unspecified atom stereocenters. The third kappa shape index (κ3) is 4.76. The van der Waals surface area contributed by atoms with Crippen LogP contribution in [0.2, 0.25) is 0 Å². The van der Waals surface area contributed by atoms with Crippen molar-refractivity contribution in [1.29, 1.82) is 0 Å². The lowest BCUT2D eigenvalue weighted by molar-refractivity contribution is 0.0869. The van der Waals surface area contributed by atoms with Crippen LogP contribution in [0.3, 0.4) is 0 Å². The molecule has 0 aliphatic heterocycles. The average Bonchev–Trinajstić information content (AvgIpc) is 2.81. The number of nitrogens with zero attached hydrogens (tertiary/aromatic N) is 2. The molecular formula is C10H17N3O3S. The summed E-state index contributed by atoms with van der Waals surface area (Å²) in [6, 6.07) is 0. The molecular weight excluding hydrogens is 242 g/mol. The maximum atomic E-state index is 11.7. The second kappa shape index (κ2) is 8.10. The molecule has 1 rings (SSSR count). The van der Waals surface area contributed by atoms with Gasteiger partial charge in [0, 0.05) is 13.2 Å². The Labute approximate surface area is 104 Å². The van der Waals surface area contributed by atoms with Gasteiger partial charge in [-0.05, 0) is 24.4 Å². The molecule has 0 fully saturated rings. The fraction of sp³-hybridized carbons (Fsp3) is 0.700. The van der Waals surface area contributed by atoms with E-state index < -0.39 is 0 Å². The molecule has 7 heteroatoms. The molecule has 6 nitrogen and oxygen atoms in total. The predicted octanol–water partition coefficient (Wildman–Crippen LogP) is 0.229. The number of aliphatic hydroxyl groups excluding tert-OH is 1. The van der Waals surface area contributed by atoms with E-state index in [4.69, 9.17) is 9.84 Å². The molecule has 0 aromatic carbocycles. The first-order valence-electron chi connectivity index (χ1n) is 5.57. The van der Waals surface area contributed by atoms with E-state index in [2.05, 4.69) is 14.9 Å². The van der Waals surface area contributed by atoms with Gasteiger partial charge < -0.3 is 15.2 Å². The summed E-state index contributed by atoms with van der Waals surface area (Å²) >= 11 is 1.12. The van der Waals surface area contributed by atoms with Crippen LogP contribution in [0.4, 0.5) is 0 Å². The Morgan fingerprint density at radius 3 is 3.06 bits per heavy atom. The Morgan fingerprint density at radius 1 is 1.53 bits per heavy atom. The molecule has 1 aromatic rings. The van der Waals surface area contributed by atoms with Crippen molar-refractivity contribution < 1.29 is 14.6 Å². The molecule has 0 spiro atoms. The number of aryl methyl sites for hydroxylation is 1. The van der Waals surface area contributed by atoms with Crippen molar-refractivity contribution in [2.24, 2.45) is 0 Å². The van der Waals surface area contributed by atoms with E-state index in [0.717, 1.165) is 23.6 Å². The number of hydrogen-bond acceptors (Lipinski definition) is 6. The Morgan fingerprint density at radius 2 is 2.35 bits per heavy atom. The minimum atomic E-state index is -0.126. The molecule has 0 aliphatic rings. The van der Waals surface area contributed by atoms with Gasteiger partial charge in [0.2, 0.25) is 0 Å². The van der Waals surface area contributed by atoms with Crippen molar-refractivity contribution in [3.05, 3.63) is 10.6 Å². The number of rotatable bonds is 8. The number of aromatic nitrogens is 2. The van der Waals surface area contributed by atoms with Gasteiger partial charge in [-0.25, -0.2) is 0 Å². The molecule has 0 atom stereocenters. The van der Waals surface area contributed by atoms with Gasteiger partial charge in [-0.2, -0.15) is 0 Å². The number of carbonyl (C=O) groups is 1. The van der Waals surface area contributed by atoms with E-state index in [-0.39, 0.29) is 12.5 Å². The first kappa shape index (κ1) is 14.0. The van der Waals surface area contributed by atoms with E-state index in [1.807, 2.05) is 6.92 Å². The monoisotopic (exact) mass is 259 g/mol. The van der Waals surface area contributed by atoms with Crippen molar-refractivity contribution in [2.75, 3.05) is 26.4 Å². The molecule has 0 saturated carbocycles. The van der Waals surface area contributed by atoms with Crippen molar-refractivity contribution in [2.45, 2.75) is 19.8 Å². The maximum absolute atomic E-state index is 11.7. The summed E-state index contributed by atoms with van der Waals surface area (Å²) in [5.74, 6) is -0.126. The van der Waals surface area contributed by atoms with Crippen LogP contribution in [-0.4, -0.2) is 47.0 Å². The van der Waals surface area contributed by atoms with E-state index >= 15 is 0 Å². The van der Waals surface area contributed by atoms with Gasteiger partial charge in [0.05, 0.1) is 18.9 Å². The van der Waals surface area contributed by atoms with Crippen molar-refractivity contribution >= 4 is 17.4 Å². The lowest BCUT2D eigenvalue weighted by Crippen LogP contribution is -2.25. The van der Waals surface area contributed by atoms with Crippen molar-refractivity contribution in [1.82, 2.24) is 14.9 Å². The summed E-state index contributed by atoms with van der Waals surface area (Å²) < 4.78 is 8.84. The molecule has 17 heavy (non-hydrogen) atoms. The lowest BCUT2D eigenvalue weighted by atomic mass is 10.3. The fourth-order valence-electron chi connectivity index (χ4n) is 1.24. The van der Waals surface area contributed by atoms with Gasteiger partial charge in [0.25, 0.3) is 5.91 Å². The van der Waals surface area contributed by atoms with E-state index in [9.17, 15) is 4.79 Å². The highest BCUT2D eigenvalue weighted by molar-refractivity contribution is 7.08. The SMILES string of the molecule is CCc1nnsc1C(=O)NCCCOCCO. The number of hydrogen-bond donors (Lipinski definition) is 2. The zero-order valence-corrected chi connectivity index (χ0v) is 10.6. The highest BCUT2D eigenvalue weighted by atomic mass is 32.1. The number of ether oxygens (including phenoxy) is 1. The average molecular weight is 259 g/mol. The van der Waals surface area contributed by atoms with E-state index in [1.54, 1.807) is 0 Å². The fourth-order valence-corrected chi connectivity index (χ4v) is 1.90. The third-order valence-electron chi connectivity index (χ3n) is 2.08. The second-order valence-corrected chi connectivity index (χ2v) is 4.10. The van der Waals surface area contributed by atoms with Crippen LogP contribution >= 0.6 is 11.5 Å². The largest absolute Gasteiger partial charge is 0.394 e. The van der Waals surface area contributed by atoms with Crippen molar-refractivity contribution in [3.63, 3.8) is 0 Å². The third-order valence-corrected chi connectivity index (χ3v) is 2.85. The summed E-state index contributed by atoms with van der Waals surface area (Å²) in [7, 11) is 0. The van der Waals surface area contributed by atoms with E-state index in [0.29, 0.717) is 31.1 Å². The second-order valence-electron chi connectivity index (χ2n) is 3.35. The van der Waals surface area contributed by atoms with Crippen LogP contribution in [-0.2, 0) is 11.2 Å². The first-order chi connectivity index (χ1) is 8.29. The van der Waals surface area contributed by atoms with Crippen LogP contribution in [0.25, 0.3) is 0 Å². The molecule has 0 aliphatic carbocycles. The van der Waals surface area contributed by atoms with Crippen LogP contribution < -0.4 is 5.32 Å². The number of nitrogens with one attached hydrogen (secondary N) is 1. The van der Waals surface area contributed by atoms with Crippen LogP contribution in [0.1, 0.15) is 28.7 Å². The summed E-state index contributed by atoms with van der Waals surface area (Å²) in [6.45, 7) is 3.38. The molecule has 1 amide bonds. The normalized spacial score (nSPS) is 10.5. The van der Waals surface area contributed by atoms with Crippen molar-refractivity contribution in [3.8, 4) is 0 Å².